The lowest BCUT2D eigenvalue weighted by Crippen LogP contribution is -2.50. The molecule has 3 amide bonds. The van der Waals surface area contributed by atoms with Gasteiger partial charge >= 0.3 is 6.03 Å². The van der Waals surface area contributed by atoms with Crippen molar-refractivity contribution < 1.29 is 19.1 Å². The quantitative estimate of drug-likeness (QED) is 0.708. The third kappa shape index (κ3) is 5.89. The van der Waals surface area contributed by atoms with Gasteiger partial charge in [-0.15, -0.1) is 0 Å². The van der Waals surface area contributed by atoms with E-state index in [0.717, 1.165) is 30.4 Å². The molecule has 0 spiro atoms. The number of rotatable bonds is 5. The molecule has 10 nitrogen and oxygen atoms in total. The highest BCUT2D eigenvalue weighted by atomic mass is 16.6. The predicted molar refractivity (Wildman–Crippen MR) is 124 cm³/mol. The molecule has 1 saturated heterocycles. The number of hydrogen-bond acceptors (Lipinski definition) is 8. The highest BCUT2D eigenvalue weighted by Gasteiger charge is 2.22. The molecule has 4 rings (SSSR count). The summed E-state index contributed by atoms with van der Waals surface area (Å²) in [5.41, 5.74) is 1.48. The molecule has 0 aliphatic carbocycles. The third-order valence-electron chi connectivity index (χ3n) is 5.49. The van der Waals surface area contributed by atoms with Crippen LogP contribution in [0.3, 0.4) is 0 Å². The van der Waals surface area contributed by atoms with Crippen LogP contribution in [0.4, 0.5) is 16.3 Å². The maximum Gasteiger partial charge on any atom is 0.325 e. The van der Waals surface area contributed by atoms with E-state index >= 15 is 0 Å². The molecular formula is C23H30N6O4. The second-order valence-electron chi connectivity index (χ2n) is 8.50. The lowest BCUT2D eigenvalue weighted by atomic mass is 10.2. The minimum Gasteiger partial charge on any atom is -0.486 e. The van der Waals surface area contributed by atoms with Crippen molar-refractivity contribution in [3.05, 3.63) is 35.8 Å². The number of hydrogen-bond donors (Lipinski definition) is 2. The van der Waals surface area contributed by atoms with E-state index in [0.29, 0.717) is 43.5 Å². The van der Waals surface area contributed by atoms with Crippen LogP contribution in [0.25, 0.3) is 0 Å². The molecule has 0 atom stereocenters. The minimum atomic E-state index is -0.576. The first kappa shape index (κ1) is 22.8. The van der Waals surface area contributed by atoms with Crippen molar-refractivity contribution in [2.24, 2.45) is 0 Å². The first-order chi connectivity index (χ1) is 15.9. The van der Waals surface area contributed by atoms with Crippen LogP contribution in [-0.2, 0) is 4.79 Å². The number of anilines is 2. The van der Waals surface area contributed by atoms with Gasteiger partial charge in [0, 0.05) is 55.6 Å². The number of nitrogens with zero attached hydrogens (tertiary/aromatic N) is 4. The van der Waals surface area contributed by atoms with E-state index in [9.17, 15) is 9.59 Å². The Bertz CT molecular complexity index is 1020. The van der Waals surface area contributed by atoms with E-state index in [2.05, 4.69) is 34.4 Å². The van der Waals surface area contributed by atoms with Crippen molar-refractivity contribution in [2.75, 3.05) is 56.2 Å². The number of carbonyl (C=O) groups is 2. The maximum atomic E-state index is 12.4. The summed E-state index contributed by atoms with van der Waals surface area (Å²) in [5, 5.41) is 5.05. The number of benzene rings is 1. The molecule has 1 aromatic heterocycles. The SMILES string of the molecule is Cc1cc(N2CCN(CC(=O)NC(=O)Nc3ccc4c(c3)OCCO4)CC2)nc(C(C)C)n1. The van der Waals surface area contributed by atoms with Crippen molar-refractivity contribution in [2.45, 2.75) is 26.7 Å². The van der Waals surface area contributed by atoms with Crippen LogP contribution in [-0.4, -0.2) is 72.7 Å². The zero-order valence-electron chi connectivity index (χ0n) is 19.3. The molecule has 1 fully saturated rings. The summed E-state index contributed by atoms with van der Waals surface area (Å²) in [6, 6.07) is 6.53. The summed E-state index contributed by atoms with van der Waals surface area (Å²) < 4.78 is 11.0. The number of urea groups is 1. The number of carbonyl (C=O) groups excluding carboxylic acids is 2. The average Bonchev–Trinajstić information content (AvgIpc) is 2.79. The number of imide groups is 1. The zero-order chi connectivity index (χ0) is 23.4. The van der Waals surface area contributed by atoms with Gasteiger partial charge in [-0.3, -0.25) is 15.0 Å². The van der Waals surface area contributed by atoms with E-state index in [1.165, 1.54) is 0 Å². The number of amides is 3. The number of piperazine rings is 1. The molecule has 2 N–H and O–H groups in total. The molecule has 3 heterocycles. The average molecular weight is 455 g/mol. The van der Waals surface area contributed by atoms with Crippen LogP contribution in [0.1, 0.15) is 31.3 Å². The van der Waals surface area contributed by atoms with Crippen LogP contribution in [0.15, 0.2) is 24.3 Å². The fourth-order valence-corrected chi connectivity index (χ4v) is 3.78. The van der Waals surface area contributed by atoms with Gasteiger partial charge in [0.15, 0.2) is 11.5 Å². The molecule has 0 saturated carbocycles. The summed E-state index contributed by atoms with van der Waals surface area (Å²) in [7, 11) is 0. The highest BCUT2D eigenvalue weighted by molar-refractivity contribution is 6.01. The summed E-state index contributed by atoms with van der Waals surface area (Å²) in [5.74, 6) is 2.90. The highest BCUT2D eigenvalue weighted by Crippen LogP contribution is 2.32. The summed E-state index contributed by atoms with van der Waals surface area (Å²) in [6.45, 7) is 10.2. The third-order valence-corrected chi connectivity index (χ3v) is 5.49. The standard InChI is InChI=1S/C23H30N6O4/c1-15(2)22-24-16(3)12-20(26-22)29-8-6-28(7-9-29)14-21(30)27-23(31)25-17-4-5-18-19(13-17)33-11-10-32-18/h4-5,12-13,15H,6-11,14H2,1-3H3,(H2,25,27,30,31). The number of fused-ring (bicyclic) bond motifs is 1. The maximum absolute atomic E-state index is 12.4. The van der Waals surface area contributed by atoms with Crippen molar-refractivity contribution in [1.82, 2.24) is 20.2 Å². The van der Waals surface area contributed by atoms with Crippen molar-refractivity contribution in [3.63, 3.8) is 0 Å². The Morgan fingerprint density at radius 1 is 1.03 bits per heavy atom. The number of nitrogens with one attached hydrogen (secondary N) is 2. The van der Waals surface area contributed by atoms with Crippen molar-refractivity contribution >= 4 is 23.4 Å². The summed E-state index contributed by atoms with van der Waals surface area (Å²) in [4.78, 5) is 38.0. The minimum absolute atomic E-state index is 0.155. The van der Waals surface area contributed by atoms with Gasteiger partial charge in [-0.25, -0.2) is 14.8 Å². The zero-order valence-corrected chi connectivity index (χ0v) is 19.3. The molecule has 0 radical (unpaired) electrons. The van der Waals surface area contributed by atoms with Crippen LogP contribution in [0.2, 0.25) is 0 Å². The molecule has 10 heteroatoms. The van der Waals surface area contributed by atoms with Crippen LogP contribution in [0.5, 0.6) is 11.5 Å². The van der Waals surface area contributed by atoms with E-state index in [1.807, 2.05) is 17.9 Å². The Kier molecular flexibility index (Phi) is 6.93. The van der Waals surface area contributed by atoms with E-state index in [1.54, 1.807) is 18.2 Å². The lowest BCUT2D eigenvalue weighted by molar-refractivity contribution is -0.121. The monoisotopic (exact) mass is 454 g/mol. The summed E-state index contributed by atoms with van der Waals surface area (Å²) in [6.07, 6.45) is 0. The van der Waals surface area contributed by atoms with Gasteiger partial charge in [0.25, 0.3) is 0 Å². The largest absolute Gasteiger partial charge is 0.486 e. The van der Waals surface area contributed by atoms with Gasteiger partial charge in [-0.2, -0.15) is 0 Å². The fourth-order valence-electron chi connectivity index (χ4n) is 3.78. The molecule has 1 aromatic carbocycles. The Hall–Kier alpha value is -3.40. The molecule has 33 heavy (non-hydrogen) atoms. The Balaban J connectivity index is 1.24. The molecular weight excluding hydrogens is 424 g/mol. The molecule has 2 aromatic rings. The van der Waals surface area contributed by atoms with Crippen LogP contribution >= 0.6 is 0 Å². The Labute approximate surface area is 193 Å². The van der Waals surface area contributed by atoms with Crippen molar-refractivity contribution in [1.29, 1.82) is 0 Å². The molecule has 0 bridgehead atoms. The van der Waals surface area contributed by atoms with Gasteiger partial charge in [0.2, 0.25) is 5.91 Å². The topological polar surface area (TPSA) is 109 Å². The molecule has 2 aliphatic rings. The van der Waals surface area contributed by atoms with Crippen LogP contribution in [0, 0.1) is 6.92 Å². The molecule has 0 unspecified atom stereocenters. The van der Waals surface area contributed by atoms with E-state index in [4.69, 9.17) is 14.5 Å². The normalized spacial score (nSPS) is 15.9. The number of aromatic nitrogens is 2. The van der Waals surface area contributed by atoms with Gasteiger partial charge in [-0.1, -0.05) is 13.8 Å². The van der Waals surface area contributed by atoms with Gasteiger partial charge in [0.1, 0.15) is 24.9 Å². The number of aryl methyl sites for hydroxylation is 1. The van der Waals surface area contributed by atoms with E-state index < -0.39 is 6.03 Å². The molecule has 2 aliphatic heterocycles. The predicted octanol–water partition coefficient (Wildman–Crippen LogP) is 2.15. The number of ether oxygens (including phenoxy) is 2. The lowest BCUT2D eigenvalue weighted by Gasteiger charge is -2.35. The Morgan fingerprint density at radius 3 is 2.48 bits per heavy atom. The second kappa shape index (κ2) is 10.0. The Morgan fingerprint density at radius 2 is 1.76 bits per heavy atom. The first-order valence-electron chi connectivity index (χ1n) is 11.2. The second-order valence-corrected chi connectivity index (χ2v) is 8.50. The first-order valence-corrected chi connectivity index (χ1v) is 11.2. The van der Waals surface area contributed by atoms with Crippen molar-refractivity contribution in [3.8, 4) is 11.5 Å². The van der Waals surface area contributed by atoms with Crippen LogP contribution < -0.4 is 25.0 Å². The van der Waals surface area contributed by atoms with Gasteiger partial charge < -0.3 is 19.7 Å². The smallest absolute Gasteiger partial charge is 0.325 e. The van der Waals surface area contributed by atoms with E-state index in [-0.39, 0.29) is 18.4 Å². The fraction of sp³-hybridized carbons (Fsp3) is 0.478. The molecule has 176 valence electrons. The summed E-state index contributed by atoms with van der Waals surface area (Å²) >= 11 is 0. The van der Waals surface area contributed by atoms with Gasteiger partial charge in [0.05, 0.1) is 6.54 Å². The van der Waals surface area contributed by atoms with Gasteiger partial charge in [-0.05, 0) is 19.1 Å².